The summed E-state index contributed by atoms with van der Waals surface area (Å²) < 4.78 is 5.54. The molecule has 3 aliphatic heterocycles. The summed E-state index contributed by atoms with van der Waals surface area (Å²) in [4.78, 5) is 25.6. The van der Waals surface area contributed by atoms with E-state index >= 15 is 0 Å². The molecule has 3 aliphatic rings. The molecule has 2 aromatic heterocycles. The van der Waals surface area contributed by atoms with Gasteiger partial charge in [0.15, 0.2) is 0 Å². The Morgan fingerprint density at radius 1 is 1.00 bits per heavy atom. The van der Waals surface area contributed by atoms with Gasteiger partial charge in [0.1, 0.15) is 0 Å². The first-order chi connectivity index (χ1) is 14.2. The molecule has 8 heteroatoms. The number of anilines is 2. The Bertz CT molecular complexity index is 864. The molecular weight excluding hydrogens is 366 g/mol. The predicted octanol–water partition coefficient (Wildman–Crippen LogP) is 1.80. The van der Waals surface area contributed by atoms with Crippen LogP contribution in [-0.4, -0.2) is 77.8 Å². The minimum absolute atomic E-state index is 0.191. The summed E-state index contributed by atoms with van der Waals surface area (Å²) in [6.45, 7) is 8.71. The van der Waals surface area contributed by atoms with Gasteiger partial charge >= 0.3 is 0 Å². The number of hydrogen-bond acceptors (Lipinski definition) is 8. The normalized spacial score (nSPS) is 23.6. The van der Waals surface area contributed by atoms with Crippen LogP contribution in [0.3, 0.4) is 0 Å². The molecule has 1 atom stereocenters. The maximum atomic E-state index is 5.54. The van der Waals surface area contributed by atoms with Crippen LogP contribution in [0.15, 0.2) is 24.5 Å². The molecule has 0 bridgehead atoms. The summed E-state index contributed by atoms with van der Waals surface area (Å²) in [7, 11) is 2.21. The summed E-state index contributed by atoms with van der Waals surface area (Å²) in [6.07, 6.45) is 6.19. The second-order valence-corrected chi connectivity index (χ2v) is 8.57. The predicted molar refractivity (Wildman–Crippen MR) is 112 cm³/mol. The lowest BCUT2D eigenvalue weighted by Crippen LogP contribution is -2.60. The van der Waals surface area contributed by atoms with Gasteiger partial charge in [0.2, 0.25) is 17.8 Å². The van der Waals surface area contributed by atoms with Crippen molar-refractivity contribution < 1.29 is 4.74 Å². The van der Waals surface area contributed by atoms with E-state index in [2.05, 4.69) is 42.8 Å². The second-order valence-electron chi connectivity index (χ2n) is 8.57. The van der Waals surface area contributed by atoms with Gasteiger partial charge in [-0.25, -0.2) is 15.0 Å². The lowest BCUT2D eigenvalue weighted by molar-refractivity contribution is 0.192. The van der Waals surface area contributed by atoms with Crippen molar-refractivity contribution in [2.24, 2.45) is 5.41 Å². The summed E-state index contributed by atoms with van der Waals surface area (Å²) in [5.41, 5.74) is 1.37. The number of ether oxygens (including phenoxy) is 1. The topological polar surface area (TPSA) is 70.5 Å². The van der Waals surface area contributed by atoms with Crippen LogP contribution in [0, 0.1) is 5.41 Å². The van der Waals surface area contributed by atoms with Gasteiger partial charge in [-0.3, -0.25) is 0 Å². The number of aromatic nitrogens is 4. The van der Waals surface area contributed by atoms with E-state index in [1.54, 1.807) is 6.20 Å². The zero-order chi connectivity index (χ0) is 19.8. The quantitative estimate of drug-likeness (QED) is 0.759. The van der Waals surface area contributed by atoms with E-state index in [-0.39, 0.29) is 5.41 Å². The zero-order valence-electron chi connectivity index (χ0n) is 17.3. The van der Waals surface area contributed by atoms with E-state index in [1.807, 2.05) is 19.2 Å². The Balaban J connectivity index is 1.35. The first-order valence-corrected chi connectivity index (χ1v) is 10.6. The van der Waals surface area contributed by atoms with Crippen molar-refractivity contribution in [1.82, 2.24) is 24.8 Å². The van der Waals surface area contributed by atoms with Crippen LogP contribution in [0.4, 0.5) is 11.9 Å². The molecule has 1 unspecified atom stereocenters. The molecule has 0 saturated carbocycles. The van der Waals surface area contributed by atoms with Gasteiger partial charge in [0.05, 0.1) is 12.3 Å². The molecule has 0 amide bonds. The van der Waals surface area contributed by atoms with Gasteiger partial charge in [-0.2, -0.15) is 4.98 Å². The summed E-state index contributed by atoms with van der Waals surface area (Å²) in [5, 5.41) is 0. The number of likely N-dealkylation sites (tertiary alicyclic amines) is 1. The Morgan fingerprint density at radius 2 is 1.72 bits per heavy atom. The molecule has 1 spiro atoms. The lowest BCUT2D eigenvalue weighted by atomic mass is 9.70. The molecule has 5 rings (SSSR count). The highest BCUT2D eigenvalue weighted by molar-refractivity contribution is 5.42. The van der Waals surface area contributed by atoms with Crippen LogP contribution in [0.2, 0.25) is 0 Å². The van der Waals surface area contributed by atoms with Crippen molar-refractivity contribution in [3.63, 3.8) is 0 Å². The number of rotatable bonds is 5. The van der Waals surface area contributed by atoms with Gasteiger partial charge in [-0.1, -0.05) is 0 Å². The van der Waals surface area contributed by atoms with E-state index in [9.17, 15) is 0 Å². The van der Waals surface area contributed by atoms with Crippen molar-refractivity contribution >= 4 is 11.9 Å². The van der Waals surface area contributed by atoms with Crippen molar-refractivity contribution in [1.29, 1.82) is 0 Å². The van der Waals surface area contributed by atoms with Crippen LogP contribution in [-0.2, 0) is 0 Å². The zero-order valence-corrected chi connectivity index (χ0v) is 17.3. The molecule has 2 aromatic rings. The van der Waals surface area contributed by atoms with Crippen molar-refractivity contribution in [2.75, 3.05) is 62.7 Å². The molecule has 8 nitrogen and oxygen atoms in total. The minimum atomic E-state index is 0.191. The van der Waals surface area contributed by atoms with Crippen LogP contribution >= 0.6 is 0 Å². The Morgan fingerprint density at radius 3 is 2.48 bits per heavy atom. The lowest BCUT2D eigenvalue weighted by Gasteiger charge is -2.51. The average molecular weight is 396 g/mol. The first-order valence-electron chi connectivity index (χ1n) is 10.6. The van der Waals surface area contributed by atoms with Crippen LogP contribution < -0.4 is 14.5 Å². The van der Waals surface area contributed by atoms with E-state index in [0.717, 1.165) is 51.2 Å². The fraction of sp³-hybridized carbons (Fsp3) is 0.619. The molecule has 29 heavy (non-hydrogen) atoms. The van der Waals surface area contributed by atoms with E-state index < -0.39 is 0 Å². The molecule has 154 valence electrons. The number of nitrogens with zero attached hydrogens (tertiary/aromatic N) is 7. The van der Waals surface area contributed by atoms with Gasteiger partial charge in [0.25, 0.3) is 0 Å². The third kappa shape index (κ3) is 3.39. The summed E-state index contributed by atoms with van der Waals surface area (Å²) in [5.74, 6) is 2.71. The highest BCUT2D eigenvalue weighted by Gasteiger charge is 2.55. The van der Waals surface area contributed by atoms with Gasteiger partial charge in [0, 0.05) is 69.1 Å². The van der Waals surface area contributed by atoms with Gasteiger partial charge in [-0.15, -0.1) is 0 Å². The average Bonchev–Trinajstić information content (AvgIpc) is 3.35. The van der Waals surface area contributed by atoms with Crippen molar-refractivity contribution in [2.45, 2.75) is 25.7 Å². The molecule has 3 fully saturated rings. The fourth-order valence-corrected chi connectivity index (χ4v) is 5.14. The van der Waals surface area contributed by atoms with Gasteiger partial charge in [-0.05, 0) is 32.9 Å². The number of likely N-dealkylation sites (N-methyl/N-ethyl adjacent to an activating group) is 1. The molecule has 3 saturated heterocycles. The maximum absolute atomic E-state index is 5.54. The van der Waals surface area contributed by atoms with E-state index in [1.165, 1.54) is 18.5 Å². The Labute approximate surface area is 171 Å². The van der Waals surface area contributed by atoms with E-state index in [4.69, 9.17) is 9.72 Å². The fourth-order valence-electron chi connectivity index (χ4n) is 5.14. The SMILES string of the molecule is CCOc1ccnc(N2CC3(CN(C)CC3c3ccnc(N4CCCC4)n3)C2)n1. The van der Waals surface area contributed by atoms with Crippen LogP contribution in [0.1, 0.15) is 31.4 Å². The summed E-state index contributed by atoms with van der Waals surface area (Å²) >= 11 is 0. The smallest absolute Gasteiger partial charge is 0.228 e. The molecule has 0 N–H and O–H groups in total. The highest BCUT2D eigenvalue weighted by Crippen LogP contribution is 2.49. The first kappa shape index (κ1) is 18.5. The van der Waals surface area contributed by atoms with Crippen LogP contribution in [0.5, 0.6) is 5.88 Å². The second kappa shape index (κ2) is 7.40. The monoisotopic (exact) mass is 395 g/mol. The number of hydrogen-bond donors (Lipinski definition) is 0. The van der Waals surface area contributed by atoms with Crippen molar-refractivity contribution in [3.05, 3.63) is 30.2 Å². The maximum Gasteiger partial charge on any atom is 0.228 e. The third-order valence-corrected chi connectivity index (χ3v) is 6.43. The minimum Gasteiger partial charge on any atom is -0.478 e. The molecule has 0 radical (unpaired) electrons. The Kier molecular flexibility index (Phi) is 4.73. The molecular formula is C21H29N7O. The molecule has 0 aromatic carbocycles. The Hall–Kier alpha value is -2.48. The standard InChI is InChI=1S/C21H29N7O/c1-3-29-18-7-9-23-20(25-18)28-14-21(15-28)13-26(2)12-16(21)17-6-8-22-19(24-17)27-10-4-5-11-27/h6-9,16H,3-5,10-15H2,1-2H3. The largest absolute Gasteiger partial charge is 0.478 e. The summed E-state index contributed by atoms with van der Waals surface area (Å²) in [6, 6.07) is 3.93. The van der Waals surface area contributed by atoms with Crippen molar-refractivity contribution in [3.8, 4) is 5.88 Å². The highest BCUT2D eigenvalue weighted by atomic mass is 16.5. The van der Waals surface area contributed by atoms with E-state index in [0.29, 0.717) is 18.4 Å². The molecule has 5 heterocycles. The van der Waals surface area contributed by atoms with Crippen LogP contribution in [0.25, 0.3) is 0 Å². The third-order valence-electron chi connectivity index (χ3n) is 6.43. The molecule has 0 aliphatic carbocycles. The van der Waals surface area contributed by atoms with Gasteiger partial charge < -0.3 is 19.4 Å².